The second kappa shape index (κ2) is 7.53. The van der Waals surface area contributed by atoms with Gasteiger partial charge in [-0.05, 0) is 48.4 Å². The maximum Gasteiger partial charge on any atom is 0.337 e. The van der Waals surface area contributed by atoms with Crippen molar-refractivity contribution in [1.29, 1.82) is 5.26 Å². The van der Waals surface area contributed by atoms with E-state index < -0.39 is 0 Å². The van der Waals surface area contributed by atoms with Gasteiger partial charge in [-0.2, -0.15) is 5.26 Å². The number of aryl methyl sites for hydroxylation is 1. The van der Waals surface area contributed by atoms with E-state index in [1.54, 1.807) is 41.2 Å². The predicted molar refractivity (Wildman–Crippen MR) is 96.4 cm³/mol. The summed E-state index contributed by atoms with van der Waals surface area (Å²) in [6, 6.07) is 16.4. The lowest BCUT2D eigenvalue weighted by molar-refractivity contribution is -0.140. The van der Waals surface area contributed by atoms with Gasteiger partial charge in [-0.15, -0.1) is 0 Å². The van der Waals surface area contributed by atoms with E-state index in [4.69, 9.17) is 5.26 Å². The SMILES string of the molecule is COC(=O)CCc1ccc(-n2ccn(-c3ccc(C#N)cc3)c2=O)cc1. The molecule has 0 spiro atoms. The van der Waals surface area contributed by atoms with E-state index in [1.807, 2.05) is 24.3 Å². The van der Waals surface area contributed by atoms with Crippen LogP contribution in [0.2, 0.25) is 0 Å². The number of methoxy groups -OCH3 is 1. The Morgan fingerprint density at radius 2 is 1.54 bits per heavy atom. The summed E-state index contributed by atoms with van der Waals surface area (Å²) in [5.41, 5.74) is 2.78. The highest BCUT2D eigenvalue weighted by molar-refractivity contribution is 5.69. The fourth-order valence-electron chi connectivity index (χ4n) is 2.64. The summed E-state index contributed by atoms with van der Waals surface area (Å²) in [7, 11) is 1.37. The van der Waals surface area contributed by atoms with Crippen LogP contribution in [0.25, 0.3) is 11.4 Å². The molecule has 0 unspecified atom stereocenters. The van der Waals surface area contributed by atoms with Crippen LogP contribution in [-0.4, -0.2) is 22.2 Å². The molecule has 0 aliphatic rings. The van der Waals surface area contributed by atoms with E-state index in [2.05, 4.69) is 10.8 Å². The third-order valence-corrected chi connectivity index (χ3v) is 4.11. The molecule has 0 fully saturated rings. The number of rotatable bonds is 5. The Hall–Kier alpha value is -3.59. The number of aromatic nitrogens is 2. The van der Waals surface area contributed by atoms with Crippen molar-refractivity contribution in [2.45, 2.75) is 12.8 Å². The third kappa shape index (κ3) is 3.57. The van der Waals surface area contributed by atoms with Gasteiger partial charge in [-0.25, -0.2) is 4.79 Å². The normalized spacial score (nSPS) is 10.3. The topological polar surface area (TPSA) is 77.0 Å². The van der Waals surface area contributed by atoms with Crippen LogP contribution in [0, 0.1) is 11.3 Å². The van der Waals surface area contributed by atoms with Crippen molar-refractivity contribution in [1.82, 2.24) is 9.13 Å². The van der Waals surface area contributed by atoms with E-state index >= 15 is 0 Å². The van der Waals surface area contributed by atoms with Crippen LogP contribution in [0.1, 0.15) is 17.5 Å². The highest BCUT2D eigenvalue weighted by Gasteiger charge is 2.08. The summed E-state index contributed by atoms with van der Waals surface area (Å²) in [6.07, 6.45) is 4.30. The largest absolute Gasteiger partial charge is 0.469 e. The van der Waals surface area contributed by atoms with Gasteiger partial charge in [0.15, 0.2) is 0 Å². The zero-order valence-electron chi connectivity index (χ0n) is 14.3. The molecule has 2 aromatic carbocycles. The minimum Gasteiger partial charge on any atom is -0.469 e. The van der Waals surface area contributed by atoms with Crippen LogP contribution in [0.5, 0.6) is 0 Å². The molecule has 6 heteroatoms. The van der Waals surface area contributed by atoms with Crippen LogP contribution in [0.15, 0.2) is 65.7 Å². The van der Waals surface area contributed by atoms with Crippen molar-refractivity contribution in [3.05, 3.63) is 82.5 Å². The number of benzene rings is 2. The molecule has 3 rings (SSSR count). The van der Waals surface area contributed by atoms with Gasteiger partial charge < -0.3 is 4.74 Å². The summed E-state index contributed by atoms with van der Waals surface area (Å²) < 4.78 is 7.70. The maximum atomic E-state index is 12.7. The molecule has 0 bridgehead atoms. The lowest BCUT2D eigenvalue weighted by Gasteiger charge is -2.05. The summed E-state index contributed by atoms with van der Waals surface area (Å²) in [4.78, 5) is 23.9. The average molecular weight is 347 g/mol. The first-order valence-corrected chi connectivity index (χ1v) is 8.09. The molecule has 0 saturated heterocycles. The summed E-state index contributed by atoms with van der Waals surface area (Å²) in [5, 5.41) is 8.86. The number of carbonyl (C=O) groups excluding carboxylic acids is 1. The Morgan fingerprint density at radius 3 is 2.04 bits per heavy atom. The van der Waals surface area contributed by atoms with Gasteiger partial charge in [0.1, 0.15) is 0 Å². The molecule has 0 N–H and O–H groups in total. The molecular formula is C20H17N3O3. The summed E-state index contributed by atoms with van der Waals surface area (Å²) >= 11 is 0. The number of carbonyl (C=O) groups is 1. The van der Waals surface area contributed by atoms with E-state index in [0.717, 1.165) is 11.3 Å². The number of hydrogen-bond acceptors (Lipinski definition) is 4. The first-order valence-electron chi connectivity index (χ1n) is 8.09. The van der Waals surface area contributed by atoms with Crippen LogP contribution in [0.4, 0.5) is 0 Å². The minimum atomic E-state index is -0.246. The minimum absolute atomic E-state index is 0.197. The van der Waals surface area contributed by atoms with Crippen molar-refractivity contribution < 1.29 is 9.53 Å². The second-order valence-electron chi connectivity index (χ2n) is 5.72. The Bertz CT molecular complexity index is 1010. The molecule has 0 amide bonds. The van der Waals surface area contributed by atoms with Gasteiger partial charge in [0.25, 0.3) is 0 Å². The molecule has 0 aliphatic carbocycles. The van der Waals surface area contributed by atoms with E-state index in [-0.39, 0.29) is 11.7 Å². The van der Waals surface area contributed by atoms with Crippen molar-refractivity contribution in [2.24, 2.45) is 0 Å². The molecule has 0 radical (unpaired) electrons. The van der Waals surface area contributed by atoms with Gasteiger partial charge in [-0.1, -0.05) is 12.1 Å². The number of ether oxygens (including phenoxy) is 1. The van der Waals surface area contributed by atoms with Crippen molar-refractivity contribution >= 4 is 5.97 Å². The fraction of sp³-hybridized carbons (Fsp3) is 0.150. The number of imidazole rings is 1. The van der Waals surface area contributed by atoms with Gasteiger partial charge in [0, 0.05) is 18.8 Å². The van der Waals surface area contributed by atoms with Gasteiger partial charge >= 0.3 is 11.7 Å². The molecule has 0 aliphatic heterocycles. The number of nitrogens with zero attached hydrogens (tertiary/aromatic N) is 3. The van der Waals surface area contributed by atoms with E-state index in [1.165, 1.54) is 11.7 Å². The molecule has 0 atom stereocenters. The molecular weight excluding hydrogens is 330 g/mol. The monoisotopic (exact) mass is 347 g/mol. The molecule has 1 heterocycles. The van der Waals surface area contributed by atoms with E-state index in [0.29, 0.717) is 24.1 Å². The van der Waals surface area contributed by atoms with Gasteiger partial charge in [0.2, 0.25) is 0 Å². The van der Waals surface area contributed by atoms with Crippen LogP contribution in [0.3, 0.4) is 0 Å². The van der Waals surface area contributed by atoms with Crippen LogP contribution < -0.4 is 5.69 Å². The Morgan fingerprint density at radius 1 is 1.00 bits per heavy atom. The highest BCUT2D eigenvalue weighted by Crippen LogP contribution is 2.12. The zero-order valence-corrected chi connectivity index (χ0v) is 14.3. The Labute approximate surface area is 150 Å². The van der Waals surface area contributed by atoms with Crippen molar-refractivity contribution in [2.75, 3.05) is 7.11 Å². The standard InChI is InChI=1S/C20H17N3O3/c1-26-19(24)11-6-15-2-7-17(8-3-15)22-12-13-23(20(22)25)18-9-4-16(14-21)5-10-18/h2-5,7-10,12-13H,6,11H2,1H3. The predicted octanol–water partition coefficient (Wildman–Crippen LogP) is 2.61. The fourth-order valence-corrected chi connectivity index (χ4v) is 2.64. The molecule has 1 aromatic heterocycles. The highest BCUT2D eigenvalue weighted by atomic mass is 16.5. The zero-order chi connectivity index (χ0) is 18.5. The average Bonchev–Trinajstić information content (AvgIpc) is 3.08. The lowest BCUT2D eigenvalue weighted by Crippen LogP contribution is -2.21. The molecule has 0 saturated carbocycles. The second-order valence-corrected chi connectivity index (χ2v) is 5.72. The number of hydrogen-bond donors (Lipinski definition) is 0. The maximum absolute atomic E-state index is 12.7. The summed E-state index contributed by atoms with van der Waals surface area (Å²) in [6.45, 7) is 0. The molecule has 26 heavy (non-hydrogen) atoms. The van der Waals surface area contributed by atoms with Crippen LogP contribution >= 0.6 is 0 Å². The molecule has 130 valence electrons. The first kappa shape index (κ1) is 17.2. The summed E-state index contributed by atoms with van der Waals surface area (Å²) in [5.74, 6) is -0.246. The molecule has 6 nitrogen and oxygen atoms in total. The van der Waals surface area contributed by atoms with Gasteiger partial charge in [-0.3, -0.25) is 13.9 Å². The number of nitriles is 1. The van der Waals surface area contributed by atoms with E-state index in [9.17, 15) is 9.59 Å². The van der Waals surface area contributed by atoms with Gasteiger partial charge in [0.05, 0.1) is 30.1 Å². The Balaban J connectivity index is 1.82. The third-order valence-electron chi connectivity index (χ3n) is 4.11. The first-order chi connectivity index (χ1) is 12.6. The smallest absolute Gasteiger partial charge is 0.337 e. The van der Waals surface area contributed by atoms with Crippen LogP contribution in [-0.2, 0) is 16.0 Å². The Kier molecular flexibility index (Phi) is 4.99. The molecule has 3 aromatic rings. The quantitative estimate of drug-likeness (QED) is 0.665. The lowest BCUT2D eigenvalue weighted by atomic mass is 10.1. The van der Waals surface area contributed by atoms with Crippen molar-refractivity contribution in [3.8, 4) is 17.4 Å². The number of esters is 1. The van der Waals surface area contributed by atoms with Crippen molar-refractivity contribution in [3.63, 3.8) is 0 Å².